The molecule has 0 saturated heterocycles. The summed E-state index contributed by atoms with van der Waals surface area (Å²) in [6.45, 7) is 0. The summed E-state index contributed by atoms with van der Waals surface area (Å²) in [6.07, 6.45) is 1.64. The Labute approximate surface area is 74.4 Å². The summed E-state index contributed by atoms with van der Waals surface area (Å²) in [7, 11) is 1.73. The highest BCUT2D eigenvalue weighted by Gasteiger charge is 2.05. The third kappa shape index (κ3) is 1.08. The number of hydrogen-bond donors (Lipinski definition) is 2. The fraction of sp³-hybridized carbons (Fsp3) is 0.125. The predicted octanol–water partition coefficient (Wildman–Crippen LogP) is 0.871. The van der Waals surface area contributed by atoms with Crippen molar-refractivity contribution in [2.45, 2.75) is 0 Å². The van der Waals surface area contributed by atoms with Gasteiger partial charge in [-0.05, 0) is 6.07 Å². The third-order valence-electron chi connectivity index (χ3n) is 1.78. The molecule has 2 aromatic heterocycles. The van der Waals surface area contributed by atoms with Crippen LogP contribution in [0.15, 0.2) is 12.3 Å². The van der Waals surface area contributed by atoms with Crippen molar-refractivity contribution in [3.63, 3.8) is 0 Å². The molecule has 0 aromatic carbocycles. The summed E-state index contributed by atoms with van der Waals surface area (Å²) in [4.78, 5) is 4.17. The molecule has 64 valence electrons. The molecule has 0 unspecified atom stereocenters. The van der Waals surface area contributed by atoms with Gasteiger partial charge in [-0.1, -0.05) is 0 Å². The van der Waals surface area contributed by atoms with Crippen LogP contribution in [0.3, 0.4) is 0 Å². The smallest absolute Gasteiger partial charge is 0.157 e. The second kappa shape index (κ2) is 2.75. The van der Waals surface area contributed by atoms with Gasteiger partial charge >= 0.3 is 0 Å². The molecule has 5 heteroatoms. The molecule has 0 saturated carbocycles. The lowest BCUT2D eigenvalue weighted by molar-refractivity contribution is 1.10. The van der Waals surface area contributed by atoms with E-state index in [-0.39, 0.29) is 0 Å². The maximum Gasteiger partial charge on any atom is 0.157 e. The van der Waals surface area contributed by atoms with E-state index >= 15 is 0 Å². The van der Waals surface area contributed by atoms with Crippen LogP contribution in [0.25, 0.3) is 11.0 Å². The van der Waals surface area contributed by atoms with Crippen LogP contribution < -0.4 is 5.32 Å². The second-order valence-electron chi connectivity index (χ2n) is 2.55. The van der Waals surface area contributed by atoms with Crippen LogP contribution in [0.1, 0.15) is 5.56 Å². The summed E-state index contributed by atoms with van der Waals surface area (Å²) >= 11 is 0. The lowest BCUT2D eigenvalue weighted by atomic mass is 10.2. The van der Waals surface area contributed by atoms with Crippen molar-refractivity contribution in [1.82, 2.24) is 15.2 Å². The highest BCUT2D eigenvalue weighted by atomic mass is 15.1. The van der Waals surface area contributed by atoms with Gasteiger partial charge in [0.2, 0.25) is 0 Å². The number of pyridine rings is 1. The molecular weight excluding hydrogens is 166 g/mol. The topological polar surface area (TPSA) is 77.4 Å². The number of nitrogens with one attached hydrogen (secondary N) is 2. The molecule has 5 nitrogen and oxygen atoms in total. The predicted molar refractivity (Wildman–Crippen MR) is 48.2 cm³/mol. The van der Waals surface area contributed by atoms with E-state index in [9.17, 15) is 0 Å². The van der Waals surface area contributed by atoms with Crippen molar-refractivity contribution in [1.29, 1.82) is 5.26 Å². The summed E-state index contributed by atoms with van der Waals surface area (Å²) in [5.74, 6) is 0.569. The molecule has 0 aliphatic carbocycles. The zero-order valence-corrected chi connectivity index (χ0v) is 7.00. The molecule has 2 rings (SSSR count). The Kier molecular flexibility index (Phi) is 1.60. The van der Waals surface area contributed by atoms with Crippen molar-refractivity contribution >= 4 is 16.9 Å². The molecule has 0 fully saturated rings. The van der Waals surface area contributed by atoms with Crippen molar-refractivity contribution in [3.8, 4) is 6.07 Å². The Morgan fingerprint density at radius 1 is 1.62 bits per heavy atom. The number of anilines is 1. The number of nitriles is 1. The van der Waals surface area contributed by atoms with Gasteiger partial charge in [-0.25, -0.2) is 4.98 Å². The molecule has 0 amide bonds. The molecule has 13 heavy (non-hydrogen) atoms. The van der Waals surface area contributed by atoms with Gasteiger partial charge in [0.25, 0.3) is 0 Å². The Bertz CT molecular complexity index is 479. The van der Waals surface area contributed by atoms with Crippen molar-refractivity contribution < 1.29 is 0 Å². The molecular formula is C8H7N5. The minimum atomic E-state index is 0.524. The van der Waals surface area contributed by atoms with E-state index < -0.39 is 0 Å². The molecule has 2 heterocycles. The van der Waals surface area contributed by atoms with Crippen molar-refractivity contribution in [3.05, 3.63) is 17.8 Å². The largest absolute Gasteiger partial charge is 0.372 e. The van der Waals surface area contributed by atoms with E-state index in [1.54, 1.807) is 19.3 Å². The normalized spacial score (nSPS) is 9.85. The van der Waals surface area contributed by atoms with Crippen LogP contribution in [-0.2, 0) is 0 Å². The SMILES string of the molecule is CNc1nc2[nH]ncc2cc1C#N. The van der Waals surface area contributed by atoms with Crippen LogP contribution in [0.5, 0.6) is 0 Å². The molecule has 0 aliphatic rings. The highest BCUT2D eigenvalue weighted by molar-refractivity contribution is 5.78. The minimum Gasteiger partial charge on any atom is -0.372 e. The maximum atomic E-state index is 8.79. The molecule has 0 atom stereocenters. The Balaban J connectivity index is 2.76. The lowest BCUT2D eigenvalue weighted by Crippen LogP contribution is -1.95. The number of rotatable bonds is 1. The van der Waals surface area contributed by atoms with Gasteiger partial charge in [-0.3, -0.25) is 5.10 Å². The van der Waals surface area contributed by atoms with Gasteiger partial charge in [-0.15, -0.1) is 0 Å². The van der Waals surface area contributed by atoms with Crippen LogP contribution in [0, 0.1) is 11.3 Å². The fourth-order valence-electron chi connectivity index (χ4n) is 1.16. The van der Waals surface area contributed by atoms with E-state index in [1.165, 1.54) is 0 Å². The standard InChI is InChI=1S/C8H7N5/c1-10-7-5(3-9)2-6-4-11-13-8(6)12-7/h2,4H,1H3,(H2,10,11,12,13). The number of aromatic amines is 1. The zero-order chi connectivity index (χ0) is 9.26. The number of nitrogens with zero attached hydrogens (tertiary/aromatic N) is 3. The Morgan fingerprint density at radius 3 is 3.15 bits per heavy atom. The lowest BCUT2D eigenvalue weighted by Gasteiger charge is -2.00. The van der Waals surface area contributed by atoms with Crippen LogP contribution in [-0.4, -0.2) is 22.2 Å². The number of hydrogen-bond acceptors (Lipinski definition) is 4. The number of fused-ring (bicyclic) bond motifs is 1. The molecule has 0 bridgehead atoms. The summed E-state index contributed by atoms with van der Waals surface area (Å²) < 4.78 is 0. The van der Waals surface area contributed by atoms with E-state index in [4.69, 9.17) is 5.26 Å². The zero-order valence-electron chi connectivity index (χ0n) is 7.00. The van der Waals surface area contributed by atoms with Crippen molar-refractivity contribution in [2.75, 3.05) is 12.4 Å². The second-order valence-corrected chi connectivity index (χ2v) is 2.55. The first kappa shape index (κ1) is 7.55. The first-order valence-electron chi connectivity index (χ1n) is 3.77. The Morgan fingerprint density at radius 2 is 2.46 bits per heavy atom. The van der Waals surface area contributed by atoms with Gasteiger partial charge in [0.15, 0.2) is 5.65 Å². The highest BCUT2D eigenvalue weighted by Crippen LogP contribution is 2.16. The first-order valence-corrected chi connectivity index (χ1v) is 3.77. The van der Waals surface area contributed by atoms with E-state index in [0.717, 1.165) is 5.39 Å². The quantitative estimate of drug-likeness (QED) is 0.670. The molecule has 2 aromatic rings. The van der Waals surface area contributed by atoms with E-state index in [2.05, 4.69) is 26.6 Å². The fourth-order valence-corrected chi connectivity index (χ4v) is 1.16. The van der Waals surface area contributed by atoms with Crippen molar-refractivity contribution in [2.24, 2.45) is 0 Å². The summed E-state index contributed by atoms with van der Waals surface area (Å²) in [5.41, 5.74) is 1.21. The van der Waals surface area contributed by atoms with E-state index in [0.29, 0.717) is 17.0 Å². The molecule has 0 aliphatic heterocycles. The van der Waals surface area contributed by atoms with Crippen LogP contribution in [0.2, 0.25) is 0 Å². The summed E-state index contributed by atoms with van der Waals surface area (Å²) in [5, 5.41) is 19.0. The minimum absolute atomic E-state index is 0.524. The van der Waals surface area contributed by atoms with E-state index in [1.807, 2.05) is 0 Å². The van der Waals surface area contributed by atoms with Gasteiger partial charge in [0, 0.05) is 12.4 Å². The van der Waals surface area contributed by atoms with Gasteiger partial charge in [-0.2, -0.15) is 10.4 Å². The van der Waals surface area contributed by atoms with Crippen LogP contribution in [0.4, 0.5) is 5.82 Å². The van der Waals surface area contributed by atoms with Gasteiger partial charge in [0.05, 0.1) is 11.8 Å². The third-order valence-corrected chi connectivity index (χ3v) is 1.78. The monoisotopic (exact) mass is 173 g/mol. The number of aromatic nitrogens is 3. The number of H-pyrrole nitrogens is 1. The molecule has 2 N–H and O–H groups in total. The average molecular weight is 173 g/mol. The van der Waals surface area contributed by atoms with Gasteiger partial charge in [0.1, 0.15) is 11.9 Å². The molecule has 0 spiro atoms. The molecule has 0 radical (unpaired) electrons. The summed E-state index contributed by atoms with van der Waals surface area (Å²) in [6, 6.07) is 3.81. The first-order chi connectivity index (χ1) is 6.35. The van der Waals surface area contributed by atoms with Crippen LogP contribution >= 0.6 is 0 Å². The Hall–Kier alpha value is -2.09. The average Bonchev–Trinajstić information content (AvgIpc) is 2.62. The maximum absolute atomic E-state index is 8.79. The van der Waals surface area contributed by atoms with Gasteiger partial charge < -0.3 is 5.32 Å².